The predicted octanol–water partition coefficient (Wildman–Crippen LogP) is 3.73. The molecular formula is C22H28N2O3S. The van der Waals surface area contributed by atoms with Gasteiger partial charge in [-0.2, -0.15) is 0 Å². The topological polar surface area (TPSA) is 66.5 Å². The van der Waals surface area contributed by atoms with Crippen molar-refractivity contribution in [3.63, 3.8) is 0 Å². The molecule has 0 radical (unpaired) electrons. The van der Waals surface area contributed by atoms with Gasteiger partial charge in [0.25, 0.3) is 0 Å². The molecule has 2 atom stereocenters. The van der Waals surface area contributed by atoms with Crippen LogP contribution in [-0.2, 0) is 21.2 Å². The van der Waals surface area contributed by atoms with Crippen molar-refractivity contribution in [1.29, 1.82) is 0 Å². The van der Waals surface area contributed by atoms with Gasteiger partial charge >= 0.3 is 0 Å². The van der Waals surface area contributed by atoms with Gasteiger partial charge in [0.2, 0.25) is 15.9 Å². The first-order valence-electron chi connectivity index (χ1n) is 9.75. The lowest BCUT2D eigenvalue weighted by molar-refractivity contribution is -0.123. The molecule has 28 heavy (non-hydrogen) atoms. The highest BCUT2D eigenvalue weighted by Gasteiger charge is 2.33. The van der Waals surface area contributed by atoms with Gasteiger partial charge < -0.3 is 5.32 Å². The Kier molecular flexibility index (Phi) is 6.08. The number of hydrogen-bond acceptors (Lipinski definition) is 3. The van der Waals surface area contributed by atoms with Crippen molar-refractivity contribution < 1.29 is 13.2 Å². The molecule has 5 nitrogen and oxygen atoms in total. The van der Waals surface area contributed by atoms with Gasteiger partial charge in [-0.3, -0.25) is 9.10 Å². The molecule has 0 unspecified atom stereocenters. The maximum atomic E-state index is 13.2. The van der Waals surface area contributed by atoms with E-state index in [-0.39, 0.29) is 11.9 Å². The molecule has 1 N–H and O–H groups in total. The fraction of sp³-hybridized carbons (Fsp3) is 0.409. The summed E-state index contributed by atoms with van der Waals surface area (Å²) in [5, 5.41) is 3.12. The third-order valence-electron chi connectivity index (χ3n) is 5.27. The number of fused-ring (bicyclic) bond motifs is 1. The third kappa shape index (κ3) is 4.38. The first kappa shape index (κ1) is 20.4. The number of anilines is 1. The van der Waals surface area contributed by atoms with Crippen LogP contribution in [0.3, 0.4) is 0 Å². The van der Waals surface area contributed by atoms with Crippen LogP contribution in [0.2, 0.25) is 0 Å². The molecule has 150 valence electrons. The average molecular weight is 401 g/mol. The van der Waals surface area contributed by atoms with Crippen molar-refractivity contribution in [3.05, 3.63) is 65.2 Å². The molecule has 1 amide bonds. The number of nitrogens with zero attached hydrogens (tertiary/aromatic N) is 1. The van der Waals surface area contributed by atoms with Crippen molar-refractivity contribution in [2.45, 2.75) is 51.6 Å². The van der Waals surface area contributed by atoms with E-state index in [2.05, 4.69) is 17.4 Å². The van der Waals surface area contributed by atoms with E-state index in [0.29, 0.717) is 12.1 Å². The molecule has 1 aliphatic carbocycles. The Labute approximate surface area is 167 Å². The quantitative estimate of drug-likeness (QED) is 0.803. The predicted molar refractivity (Wildman–Crippen MR) is 113 cm³/mol. The van der Waals surface area contributed by atoms with E-state index >= 15 is 0 Å². The van der Waals surface area contributed by atoms with Gasteiger partial charge in [0.1, 0.15) is 6.04 Å². The third-order valence-corrected chi connectivity index (χ3v) is 6.45. The van der Waals surface area contributed by atoms with Crippen LogP contribution in [0.25, 0.3) is 0 Å². The highest BCUT2D eigenvalue weighted by Crippen LogP contribution is 2.30. The molecule has 0 bridgehead atoms. The lowest BCUT2D eigenvalue weighted by Gasteiger charge is -2.33. The first-order valence-corrected chi connectivity index (χ1v) is 11.6. The van der Waals surface area contributed by atoms with Crippen LogP contribution in [0.4, 0.5) is 5.69 Å². The van der Waals surface area contributed by atoms with Crippen LogP contribution in [0.15, 0.2) is 48.5 Å². The zero-order valence-electron chi connectivity index (χ0n) is 16.7. The lowest BCUT2D eigenvalue weighted by atomic mass is 9.87. The number of carbonyl (C=O) groups excluding carboxylic acids is 1. The van der Waals surface area contributed by atoms with Crippen molar-refractivity contribution in [1.82, 2.24) is 5.32 Å². The van der Waals surface area contributed by atoms with Crippen LogP contribution in [0.5, 0.6) is 0 Å². The fourth-order valence-corrected chi connectivity index (χ4v) is 5.20. The SMILES string of the molecule is CC[C@H](C(=O)N[C@H]1CCCc2ccccc21)N(c1cccc(C)c1)S(C)(=O)=O. The van der Waals surface area contributed by atoms with Gasteiger partial charge in [-0.15, -0.1) is 0 Å². The average Bonchev–Trinajstić information content (AvgIpc) is 2.65. The van der Waals surface area contributed by atoms with Gasteiger partial charge in [0, 0.05) is 0 Å². The Hall–Kier alpha value is -2.34. The van der Waals surface area contributed by atoms with Gasteiger partial charge in [-0.1, -0.05) is 43.3 Å². The molecule has 6 heteroatoms. The number of amides is 1. The zero-order chi connectivity index (χ0) is 20.3. The van der Waals surface area contributed by atoms with Gasteiger partial charge in [-0.25, -0.2) is 8.42 Å². The number of aryl methyl sites for hydroxylation is 2. The van der Waals surface area contributed by atoms with E-state index in [4.69, 9.17) is 0 Å². The van der Waals surface area contributed by atoms with E-state index in [1.165, 1.54) is 9.87 Å². The van der Waals surface area contributed by atoms with Crippen molar-refractivity contribution in [2.24, 2.45) is 0 Å². The van der Waals surface area contributed by atoms with Crippen molar-refractivity contribution in [3.8, 4) is 0 Å². The molecule has 0 fully saturated rings. The Morgan fingerprint density at radius 3 is 2.64 bits per heavy atom. The minimum atomic E-state index is -3.62. The number of carbonyl (C=O) groups is 1. The molecular weight excluding hydrogens is 372 g/mol. The van der Waals surface area contributed by atoms with Crippen molar-refractivity contribution in [2.75, 3.05) is 10.6 Å². The molecule has 0 aromatic heterocycles. The van der Waals surface area contributed by atoms with Gasteiger partial charge in [-0.05, 0) is 61.4 Å². The monoisotopic (exact) mass is 400 g/mol. The summed E-state index contributed by atoms with van der Waals surface area (Å²) in [7, 11) is -3.62. The normalized spacial score (nSPS) is 17.5. The minimum Gasteiger partial charge on any atom is -0.347 e. The molecule has 0 aliphatic heterocycles. The van der Waals surface area contributed by atoms with E-state index < -0.39 is 16.1 Å². The van der Waals surface area contributed by atoms with E-state index in [1.807, 2.05) is 38.1 Å². The number of hydrogen-bond donors (Lipinski definition) is 1. The van der Waals surface area contributed by atoms with Crippen LogP contribution < -0.4 is 9.62 Å². The summed E-state index contributed by atoms with van der Waals surface area (Å²) in [5.41, 5.74) is 3.86. The maximum Gasteiger partial charge on any atom is 0.244 e. The van der Waals surface area contributed by atoms with Gasteiger partial charge in [0.15, 0.2) is 0 Å². The zero-order valence-corrected chi connectivity index (χ0v) is 17.5. The standard InChI is InChI=1S/C22H28N2O3S/c1-4-21(24(28(3,26)27)18-12-7-9-16(2)15-18)22(25)23-20-14-8-11-17-10-5-6-13-19(17)20/h5-7,9-10,12-13,15,20-21H,4,8,11,14H2,1-3H3,(H,23,25)/t20-,21+/m0/s1. The lowest BCUT2D eigenvalue weighted by Crippen LogP contribution is -2.50. The summed E-state index contributed by atoms with van der Waals surface area (Å²) in [6.45, 7) is 3.75. The van der Waals surface area contributed by atoms with Crippen molar-refractivity contribution >= 4 is 21.6 Å². The smallest absolute Gasteiger partial charge is 0.244 e. The van der Waals surface area contributed by atoms with E-state index in [0.717, 1.165) is 36.6 Å². The van der Waals surface area contributed by atoms with Crippen LogP contribution >= 0.6 is 0 Å². The summed E-state index contributed by atoms with van der Waals surface area (Å²) in [5.74, 6) is -0.254. The summed E-state index contributed by atoms with van der Waals surface area (Å²) in [6.07, 6.45) is 4.43. The maximum absolute atomic E-state index is 13.2. The first-order chi connectivity index (χ1) is 13.3. The number of benzene rings is 2. The largest absolute Gasteiger partial charge is 0.347 e. The second kappa shape index (κ2) is 8.35. The molecule has 3 rings (SSSR count). The molecule has 1 aliphatic rings. The summed E-state index contributed by atoms with van der Waals surface area (Å²) in [6, 6.07) is 14.5. The molecule has 0 saturated carbocycles. The molecule has 0 saturated heterocycles. The van der Waals surface area contributed by atoms with E-state index in [9.17, 15) is 13.2 Å². The highest BCUT2D eigenvalue weighted by molar-refractivity contribution is 7.92. The Morgan fingerprint density at radius 1 is 1.21 bits per heavy atom. The molecule has 0 spiro atoms. The van der Waals surface area contributed by atoms with Crippen LogP contribution in [-0.4, -0.2) is 26.6 Å². The molecule has 2 aromatic carbocycles. The Balaban J connectivity index is 1.90. The van der Waals surface area contributed by atoms with Crippen LogP contribution in [0.1, 0.15) is 48.9 Å². The Morgan fingerprint density at radius 2 is 1.96 bits per heavy atom. The molecule has 2 aromatic rings. The fourth-order valence-electron chi connectivity index (χ4n) is 4.00. The summed E-state index contributed by atoms with van der Waals surface area (Å²) in [4.78, 5) is 13.2. The minimum absolute atomic E-state index is 0.0783. The number of sulfonamides is 1. The number of rotatable bonds is 6. The second-order valence-electron chi connectivity index (χ2n) is 7.47. The van der Waals surface area contributed by atoms with E-state index in [1.54, 1.807) is 12.1 Å². The summed E-state index contributed by atoms with van der Waals surface area (Å²) >= 11 is 0. The van der Waals surface area contributed by atoms with Gasteiger partial charge in [0.05, 0.1) is 18.0 Å². The second-order valence-corrected chi connectivity index (χ2v) is 9.33. The summed E-state index contributed by atoms with van der Waals surface area (Å²) < 4.78 is 26.4. The Bertz CT molecular complexity index is 956. The molecule has 0 heterocycles. The van der Waals surface area contributed by atoms with Crippen LogP contribution in [0, 0.1) is 6.92 Å². The number of nitrogens with one attached hydrogen (secondary N) is 1. The highest BCUT2D eigenvalue weighted by atomic mass is 32.2.